The molecular formula is C25H35N3O4S. The fraction of sp³-hybridized carbons (Fsp3) is 0.480. The van der Waals surface area contributed by atoms with Crippen LogP contribution in [0.25, 0.3) is 0 Å². The molecule has 0 aliphatic carbocycles. The summed E-state index contributed by atoms with van der Waals surface area (Å²) in [6.07, 6.45) is 3.93. The van der Waals surface area contributed by atoms with Crippen LogP contribution in [-0.4, -0.2) is 51.2 Å². The van der Waals surface area contributed by atoms with Crippen LogP contribution in [0.1, 0.15) is 44.2 Å². The van der Waals surface area contributed by atoms with Gasteiger partial charge in [0.1, 0.15) is 11.8 Å². The molecule has 8 heteroatoms. The lowest BCUT2D eigenvalue weighted by Crippen LogP contribution is -2.49. The third-order valence-corrected chi connectivity index (χ3v) is 7.08. The van der Waals surface area contributed by atoms with Crippen molar-refractivity contribution in [1.29, 1.82) is 0 Å². The first kappa shape index (κ1) is 25.1. The fourth-order valence-electron chi connectivity index (χ4n) is 4.28. The lowest BCUT2D eigenvalue weighted by Gasteiger charge is -2.30. The molecule has 0 radical (unpaired) electrons. The van der Waals surface area contributed by atoms with E-state index in [4.69, 9.17) is 4.74 Å². The minimum Gasteiger partial charge on any atom is -0.494 e. The first-order chi connectivity index (χ1) is 15.8. The van der Waals surface area contributed by atoms with Crippen LogP contribution in [0.3, 0.4) is 0 Å². The van der Waals surface area contributed by atoms with Crippen molar-refractivity contribution in [3.8, 4) is 5.75 Å². The number of rotatable bonds is 11. The lowest BCUT2D eigenvalue weighted by atomic mass is 10.1. The molecule has 180 valence electrons. The second-order valence-corrected chi connectivity index (χ2v) is 10.2. The van der Waals surface area contributed by atoms with Crippen LogP contribution in [0.15, 0.2) is 48.5 Å². The number of ether oxygens (including phenoxy) is 1. The summed E-state index contributed by atoms with van der Waals surface area (Å²) >= 11 is 0. The van der Waals surface area contributed by atoms with E-state index in [1.807, 2.05) is 32.0 Å². The van der Waals surface area contributed by atoms with Crippen LogP contribution in [-0.2, 0) is 27.9 Å². The van der Waals surface area contributed by atoms with Gasteiger partial charge in [-0.15, -0.1) is 0 Å². The SMILES string of the molecule is CCOc1ccc(N([C@@H](CC)C(=O)NCc2ccccc2CN2CCCC2)S(C)(=O)=O)cc1. The van der Waals surface area contributed by atoms with E-state index in [9.17, 15) is 13.2 Å². The molecule has 0 bridgehead atoms. The number of carbonyl (C=O) groups excluding carboxylic acids is 1. The molecule has 7 nitrogen and oxygen atoms in total. The summed E-state index contributed by atoms with van der Waals surface area (Å²) in [7, 11) is -3.68. The van der Waals surface area contributed by atoms with Gasteiger partial charge >= 0.3 is 0 Å². The molecule has 0 saturated carbocycles. The molecule has 1 amide bonds. The molecule has 2 aromatic rings. The van der Waals surface area contributed by atoms with E-state index in [2.05, 4.69) is 16.3 Å². The molecule has 1 atom stereocenters. The van der Waals surface area contributed by atoms with Crippen molar-refractivity contribution in [2.24, 2.45) is 0 Å². The zero-order chi connectivity index (χ0) is 23.8. The Morgan fingerprint density at radius 2 is 1.70 bits per heavy atom. The monoisotopic (exact) mass is 473 g/mol. The first-order valence-electron chi connectivity index (χ1n) is 11.6. The van der Waals surface area contributed by atoms with E-state index in [-0.39, 0.29) is 5.91 Å². The first-order valence-corrected chi connectivity index (χ1v) is 13.5. The smallest absolute Gasteiger partial charge is 0.244 e. The Morgan fingerprint density at radius 1 is 1.06 bits per heavy atom. The predicted molar refractivity (Wildman–Crippen MR) is 132 cm³/mol. The predicted octanol–water partition coefficient (Wildman–Crippen LogP) is 3.54. The van der Waals surface area contributed by atoms with Crippen molar-refractivity contribution in [2.75, 3.05) is 30.3 Å². The van der Waals surface area contributed by atoms with Crippen molar-refractivity contribution >= 4 is 21.6 Å². The summed E-state index contributed by atoms with van der Waals surface area (Å²) in [4.78, 5) is 15.6. The molecule has 1 fully saturated rings. The maximum atomic E-state index is 13.2. The molecular weight excluding hydrogens is 438 g/mol. The quantitative estimate of drug-likeness (QED) is 0.540. The normalized spacial score (nSPS) is 15.2. The Labute approximate surface area is 197 Å². The van der Waals surface area contributed by atoms with E-state index >= 15 is 0 Å². The number of anilines is 1. The van der Waals surface area contributed by atoms with Gasteiger partial charge in [-0.25, -0.2) is 8.42 Å². The molecule has 0 spiro atoms. The van der Waals surface area contributed by atoms with Gasteiger partial charge in [-0.3, -0.25) is 14.0 Å². The largest absolute Gasteiger partial charge is 0.494 e. The Bertz CT molecular complexity index is 1020. The van der Waals surface area contributed by atoms with Gasteiger partial charge in [-0.2, -0.15) is 0 Å². The Hall–Kier alpha value is -2.58. The molecule has 2 aromatic carbocycles. The van der Waals surface area contributed by atoms with Crippen LogP contribution in [0.4, 0.5) is 5.69 Å². The van der Waals surface area contributed by atoms with Crippen molar-refractivity contribution in [3.63, 3.8) is 0 Å². The molecule has 1 aliphatic heterocycles. The van der Waals surface area contributed by atoms with E-state index < -0.39 is 16.1 Å². The number of carbonyl (C=O) groups is 1. The minimum absolute atomic E-state index is 0.312. The van der Waals surface area contributed by atoms with Crippen molar-refractivity contribution < 1.29 is 17.9 Å². The number of likely N-dealkylation sites (tertiary alicyclic amines) is 1. The topological polar surface area (TPSA) is 79.0 Å². The third-order valence-electron chi connectivity index (χ3n) is 5.90. The number of nitrogens with one attached hydrogen (secondary N) is 1. The highest BCUT2D eigenvalue weighted by molar-refractivity contribution is 7.92. The molecule has 0 unspecified atom stereocenters. The van der Waals surface area contributed by atoms with Gasteiger partial charge in [-0.05, 0) is 74.7 Å². The average molecular weight is 474 g/mol. The third kappa shape index (κ3) is 6.71. The Kier molecular flexibility index (Phi) is 8.74. The van der Waals surface area contributed by atoms with Gasteiger partial charge < -0.3 is 10.1 Å². The summed E-state index contributed by atoms with van der Waals surface area (Å²) in [5.74, 6) is 0.342. The molecule has 33 heavy (non-hydrogen) atoms. The molecule has 0 aromatic heterocycles. The minimum atomic E-state index is -3.68. The van der Waals surface area contributed by atoms with E-state index in [1.165, 1.54) is 22.7 Å². The summed E-state index contributed by atoms with van der Waals surface area (Å²) in [5, 5.41) is 2.98. The van der Waals surface area contributed by atoms with Crippen LogP contribution >= 0.6 is 0 Å². The maximum absolute atomic E-state index is 13.2. The van der Waals surface area contributed by atoms with Crippen molar-refractivity contribution in [1.82, 2.24) is 10.2 Å². The van der Waals surface area contributed by atoms with Gasteiger partial charge in [0.25, 0.3) is 0 Å². The highest BCUT2D eigenvalue weighted by Gasteiger charge is 2.31. The van der Waals surface area contributed by atoms with Crippen LogP contribution < -0.4 is 14.4 Å². The lowest BCUT2D eigenvalue weighted by molar-refractivity contribution is -0.122. The molecule has 1 heterocycles. The van der Waals surface area contributed by atoms with Crippen LogP contribution in [0.5, 0.6) is 5.75 Å². The maximum Gasteiger partial charge on any atom is 0.244 e. The zero-order valence-corrected chi connectivity index (χ0v) is 20.6. The van der Waals surface area contributed by atoms with Crippen molar-refractivity contribution in [3.05, 3.63) is 59.7 Å². The Balaban J connectivity index is 1.75. The van der Waals surface area contributed by atoms with Gasteiger partial charge in [0.15, 0.2) is 0 Å². The standard InChI is InChI=1S/C25H35N3O4S/c1-4-24(28(33(3,30)31)22-12-14-23(15-13-22)32-5-2)25(29)26-18-20-10-6-7-11-21(20)19-27-16-8-9-17-27/h6-7,10-15,24H,4-5,8-9,16-19H2,1-3H3,(H,26,29)/t24-/m0/s1. The number of amides is 1. The second-order valence-electron chi connectivity index (χ2n) is 8.38. The van der Waals surface area contributed by atoms with E-state index in [0.717, 1.165) is 31.5 Å². The summed E-state index contributed by atoms with van der Waals surface area (Å²) < 4.78 is 32.0. The summed E-state index contributed by atoms with van der Waals surface area (Å²) in [6, 6.07) is 14.0. The Morgan fingerprint density at radius 3 is 2.27 bits per heavy atom. The van der Waals surface area contributed by atoms with Gasteiger partial charge in [-0.1, -0.05) is 31.2 Å². The molecule has 1 aliphatic rings. The van der Waals surface area contributed by atoms with E-state index in [0.29, 0.717) is 31.0 Å². The van der Waals surface area contributed by atoms with Crippen LogP contribution in [0.2, 0.25) is 0 Å². The van der Waals surface area contributed by atoms with E-state index in [1.54, 1.807) is 24.3 Å². The zero-order valence-electron chi connectivity index (χ0n) is 19.8. The molecule has 1 saturated heterocycles. The average Bonchev–Trinajstić information content (AvgIpc) is 3.30. The second kappa shape index (κ2) is 11.5. The number of hydrogen-bond donors (Lipinski definition) is 1. The fourth-order valence-corrected chi connectivity index (χ4v) is 5.49. The summed E-state index contributed by atoms with van der Waals surface area (Å²) in [5.41, 5.74) is 2.69. The van der Waals surface area contributed by atoms with Gasteiger partial charge in [0.2, 0.25) is 15.9 Å². The number of nitrogens with zero attached hydrogens (tertiary/aromatic N) is 2. The van der Waals surface area contributed by atoms with Gasteiger partial charge in [0, 0.05) is 13.1 Å². The summed E-state index contributed by atoms with van der Waals surface area (Å²) in [6.45, 7) is 7.66. The highest BCUT2D eigenvalue weighted by atomic mass is 32.2. The van der Waals surface area contributed by atoms with Crippen LogP contribution in [0, 0.1) is 0 Å². The van der Waals surface area contributed by atoms with Gasteiger partial charge in [0.05, 0.1) is 18.6 Å². The number of sulfonamides is 1. The number of hydrogen-bond acceptors (Lipinski definition) is 5. The van der Waals surface area contributed by atoms with Crippen molar-refractivity contribution in [2.45, 2.75) is 52.2 Å². The highest BCUT2D eigenvalue weighted by Crippen LogP contribution is 2.25. The number of benzene rings is 2. The molecule has 1 N–H and O–H groups in total. The molecule has 3 rings (SSSR count).